The van der Waals surface area contributed by atoms with Crippen LogP contribution >= 0.6 is 0 Å². The first-order valence-corrected chi connectivity index (χ1v) is 6.51. The summed E-state index contributed by atoms with van der Waals surface area (Å²) in [5, 5.41) is 6.14. The maximum Gasteiger partial charge on any atom is 0.192 e. The largest absolute Gasteiger partial charge is 0.377 e. The molecular formula is C13H23N3O2. The van der Waals surface area contributed by atoms with Crippen LogP contribution in [-0.2, 0) is 9.47 Å². The standard InChI is InChI=1S/C13H23N3O2/c1-3-7-15-13(14-4-2)16-8-10-17-11-12-6-5-9-18-12/h1,12H,4-11H2,2H3,(H2,14,15,16). The van der Waals surface area contributed by atoms with Gasteiger partial charge in [-0.1, -0.05) is 5.92 Å². The van der Waals surface area contributed by atoms with Crippen molar-refractivity contribution in [3.05, 3.63) is 0 Å². The van der Waals surface area contributed by atoms with E-state index in [0.717, 1.165) is 32.0 Å². The molecule has 0 saturated carbocycles. The first-order chi connectivity index (χ1) is 8.86. The van der Waals surface area contributed by atoms with Crippen LogP contribution in [0.5, 0.6) is 0 Å². The molecule has 1 aliphatic rings. The molecule has 0 spiro atoms. The molecule has 1 atom stereocenters. The van der Waals surface area contributed by atoms with Gasteiger partial charge in [0.05, 0.1) is 32.4 Å². The van der Waals surface area contributed by atoms with Crippen molar-refractivity contribution in [2.24, 2.45) is 4.99 Å². The Bertz CT molecular complexity index is 280. The van der Waals surface area contributed by atoms with Gasteiger partial charge in [0.15, 0.2) is 5.96 Å². The van der Waals surface area contributed by atoms with Gasteiger partial charge in [-0.05, 0) is 19.8 Å². The van der Waals surface area contributed by atoms with Gasteiger partial charge < -0.3 is 20.1 Å². The summed E-state index contributed by atoms with van der Waals surface area (Å²) in [7, 11) is 0. The van der Waals surface area contributed by atoms with Crippen molar-refractivity contribution in [1.29, 1.82) is 0 Å². The van der Waals surface area contributed by atoms with Crippen LogP contribution in [0.1, 0.15) is 19.8 Å². The highest BCUT2D eigenvalue weighted by Crippen LogP contribution is 2.11. The summed E-state index contributed by atoms with van der Waals surface area (Å²) < 4.78 is 11.0. The molecule has 5 heteroatoms. The third-order valence-electron chi connectivity index (χ3n) is 2.54. The molecule has 0 aromatic rings. The lowest BCUT2D eigenvalue weighted by Crippen LogP contribution is -2.37. The number of nitrogens with one attached hydrogen (secondary N) is 2. The highest BCUT2D eigenvalue weighted by atomic mass is 16.5. The van der Waals surface area contributed by atoms with Crippen molar-refractivity contribution >= 4 is 5.96 Å². The number of hydrogen-bond donors (Lipinski definition) is 2. The highest BCUT2D eigenvalue weighted by Gasteiger charge is 2.14. The van der Waals surface area contributed by atoms with Crippen LogP contribution in [0.25, 0.3) is 0 Å². The predicted octanol–water partition coefficient (Wildman–Crippen LogP) is 0.370. The molecule has 1 fully saturated rings. The molecule has 1 heterocycles. The molecule has 0 aliphatic carbocycles. The van der Waals surface area contributed by atoms with E-state index < -0.39 is 0 Å². The lowest BCUT2D eigenvalue weighted by atomic mass is 10.2. The van der Waals surface area contributed by atoms with E-state index in [-0.39, 0.29) is 6.10 Å². The summed E-state index contributed by atoms with van der Waals surface area (Å²) in [5.41, 5.74) is 0. The fraction of sp³-hybridized carbons (Fsp3) is 0.769. The first-order valence-electron chi connectivity index (χ1n) is 6.51. The van der Waals surface area contributed by atoms with Crippen LogP contribution in [0.15, 0.2) is 4.99 Å². The normalized spacial score (nSPS) is 19.6. The smallest absolute Gasteiger partial charge is 0.192 e. The molecular weight excluding hydrogens is 230 g/mol. The van der Waals surface area contributed by atoms with Crippen molar-refractivity contribution in [2.75, 3.05) is 39.5 Å². The minimum atomic E-state index is 0.279. The minimum absolute atomic E-state index is 0.279. The van der Waals surface area contributed by atoms with Crippen LogP contribution in [0, 0.1) is 12.3 Å². The highest BCUT2D eigenvalue weighted by molar-refractivity contribution is 5.79. The second-order valence-corrected chi connectivity index (χ2v) is 4.03. The van der Waals surface area contributed by atoms with Crippen LogP contribution in [0.3, 0.4) is 0 Å². The molecule has 2 N–H and O–H groups in total. The Labute approximate surface area is 109 Å². The Morgan fingerprint density at radius 3 is 3.11 bits per heavy atom. The van der Waals surface area contributed by atoms with Crippen molar-refractivity contribution < 1.29 is 9.47 Å². The summed E-state index contributed by atoms with van der Waals surface area (Å²) in [6.07, 6.45) is 7.72. The average molecular weight is 253 g/mol. The van der Waals surface area contributed by atoms with E-state index in [1.165, 1.54) is 0 Å². The monoisotopic (exact) mass is 253 g/mol. The van der Waals surface area contributed by atoms with Gasteiger partial charge in [0.2, 0.25) is 0 Å². The Hall–Kier alpha value is -1.25. The van der Waals surface area contributed by atoms with Gasteiger partial charge in [0, 0.05) is 13.2 Å². The van der Waals surface area contributed by atoms with E-state index in [4.69, 9.17) is 15.9 Å². The van der Waals surface area contributed by atoms with E-state index in [0.29, 0.717) is 26.3 Å². The fourth-order valence-corrected chi connectivity index (χ4v) is 1.69. The number of guanidine groups is 1. The molecule has 5 nitrogen and oxygen atoms in total. The lowest BCUT2D eigenvalue weighted by molar-refractivity contribution is 0.0200. The maximum absolute atomic E-state index is 5.52. The van der Waals surface area contributed by atoms with Crippen molar-refractivity contribution in [3.63, 3.8) is 0 Å². The van der Waals surface area contributed by atoms with E-state index >= 15 is 0 Å². The molecule has 0 bridgehead atoms. The molecule has 1 saturated heterocycles. The Morgan fingerprint density at radius 2 is 2.44 bits per heavy atom. The zero-order valence-electron chi connectivity index (χ0n) is 11.1. The third-order valence-corrected chi connectivity index (χ3v) is 2.54. The van der Waals surface area contributed by atoms with Crippen molar-refractivity contribution in [1.82, 2.24) is 10.6 Å². The minimum Gasteiger partial charge on any atom is -0.377 e. The number of aliphatic imine (C=N–C) groups is 1. The van der Waals surface area contributed by atoms with Crippen LogP contribution in [0.4, 0.5) is 0 Å². The molecule has 0 aromatic carbocycles. The van der Waals surface area contributed by atoms with Gasteiger partial charge in [-0.3, -0.25) is 4.99 Å². The molecule has 1 unspecified atom stereocenters. The Kier molecular flexibility index (Phi) is 8.02. The molecule has 18 heavy (non-hydrogen) atoms. The van der Waals surface area contributed by atoms with Crippen molar-refractivity contribution in [3.8, 4) is 12.3 Å². The SMILES string of the molecule is C#CCNC(=NCCOCC1CCCO1)NCC. The van der Waals surface area contributed by atoms with E-state index in [2.05, 4.69) is 21.5 Å². The van der Waals surface area contributed by atoms with Gasteiger partial charge in [-0.15, -0.1) is 6.42 Å². The molecule has 102 valence electrons. The van der Waals surface area contributed by atoms with Crippen LogP contribution in [0.2, 0.25) is 0 Å². The fourth-order valence-electron chi connectivity index (χ4n) is 1.69. The molecule has 0 radical (unpaired) electrons. The zero-order chi connectivity index (χ0) is 13.1. The van der Waals surface area contributed by atoms with E-state index in [1.54, 1.807) is 0 Å². The van der Waals surface area contributed by atoms with Crippen LogP contribution in [-0.4, -0.2) is 51.5 Å². The summed E-state index contributed by atoms with van der Waals surface area (Å²) in [4.78, 5) is 4.35. The maximum atomic E-state index is 5.52. The van der Waals surface area contributed by atoms with Gasteiger partial charge in [-0.25, -0.2) is 0 Å². The first kappa shape index (κ1) is 14.8. The lowest BCUT2D eigenvalue weighted by Gasteiger charge is -2.10. The van der Waals surface area contributed by atoms with Crippen molar-refractivity contribution in [2.45, 2.75) is 25.9 Å². The Balaban J connectivity index is 2.09. The number of rotatable bonds is 7. The van der Waals surface area contributed by atoms with Gasteiger partial charge in [0.25, 0.3) is 0 Å². The summed E-state index contributed by atoms with van der Waals surface area (Å²) in [5.74, 6) is 3.25. The molecule has 1 rings (SSSR count). The zero-order valence-corrected chi connectivity index (χ0v) is 11.1. The van der Waals surface area contributed by atoms with Crippen LogP contribution < -0.4 is 10.6 Å². The Morgan fingerprint density at radius 1 is 1.56 bits per heavy atom. The summed E-state index contributed by atoms with van der Waals surface area (Å²) in [6.45, 7) is 6.06. The molecule has 1 aliphatic heterocycles. The summed E-state index contributed by atoms with van der Waals surface area (Å²) >= 11 is 0. The van der Waals surface area contributed by atoms with E-state index in [1.807, 2.05) is 6.92 Å². The molecule has 0 amide bonds. The van der Waals surface area contributed by atoms with Gasteiger partial charge in [-0.2, -0.15) is 0 Å². The second kappa shape index (κ2) is 9.75. The van der Waals surface area contributed by atoms with E-state index in [9.17, 15) is 0 Å². The quantitative estimate of drug-likeness (QED) is 0.298. The molecule has 0 aromatic heterocycles. The second-order valence-electron chi connectivity index (χ2n) is 4.03. The number of hydrogen-bond acceptors (Lipinski definition) is 3. The number of terminal acetylenes is 1. The average Bonchev–Trinajstić information content (AvgIpc) is 2.88. The third kappa shape index (κ3) is 6.48. The van der Waals surface area contributed by atoms with Gasteiger partial charge in [0.1, 0.15) is 0 Å². The number of ether oxygens (including phenoxy) is 2. The number of nitrogens with zero attached hydrogens (tertiary/aromatic N) is 1. The predicted molar refractivity (Wildman–Crippen MR) is 72.6 cm³/mol. The summed E-state index contributed by atoms with van der Waals surface area (Å²) in [6, 6.07) is 0. The topological polar surface area (TPSA) is 54.9 Å². The van der Waals surface area contributed by atoms with Gasteiger partial charge >= 0.3 is 0 Å².